The van der Waals surface area contributed by atoms with Crippen molar-refractivity contribution in [2.24, 2.45) is 5.92 Å². The molecule has 0 bridgehead atoms. The summed E-state index contributed by atoms with van der Waals surface area (Å²) < 4.78 is 14.5. The van der Waals surface area contributed by atoms with Crippen LogP contribution in [-0.2, 0) is 32.9 Å². The Morgan fingerprint density at radius 2 is 1.85 bits per heavy atom. The number of anilines is 2. The fourth-order valence-corrected chi connectivity index (χ4v) is 12.3. The van der Waals surface area contributed by atoms with Crippen LogP contribution in [0.1, 0.15) is 56.7 Å². The Labute approximate surface area is 272 Å². The molecule has 2 amide bonds. The Hall–Kier alpha value is -3.54. The average Bonchev–Trinajstić information content (AvgIpc) is 3.68. The summed E-state index contributed by atoms with van der Waals surface area (Å²) in [6, 6.07) is 14.4. The lowest BCUT2D eigenvalue weighted by atomic mass is 9.82. The lowest BCUT2D eigenvalue weighted by Gasteiger charge is -2.37. The molecule has 10 nitrogen and oxygen atoms in total. The number of nitrogens with zero attached hydrogens (tertiary/aromatic N) is 5. The smallest absolute Gasteiger partial charge is 0.264 e. The number of benzene rings is 2. The first kappa shape index (κ1) is 32.4. The number of aromatic nitrogens is 3. The van der Waals surface area contributed by atoms with Crippen LogP contribution in [0.3, 0.4) is 0 Å². The average molecular weight is 646 g/mol. The van der Waals surface area contributed by atoms with Crippen LogP contribution in [0.25, 0.3) is 0 Å². The predicted molar refractivity (Wildman–Crippen MR) is 180 cm³/mol. The lowest BCUT2D eigenvalue weighted by molar-refractivity contribution is -0.145. The van der Waals surface area contributed by atoms with E-state index in [0.29, 0.717) is 32.4 Å². The van der Waals surface area contributed by atoms with Gasteiger partial charge in [-0.15, -0.1) is 5.10 Å². The second-order valence-electron chi connectivity index (χ2n) is 13.7. The largest absolute Gasteiger partial charge is 0.497 e. The Balaban J connectivity index is 1.41. The molecule has 1 spiro atoms. The molecular formula is C35H47N5O5Si. The highest BCUT2D eigenvalue weighted by molar-refractivity contribution is 6.91. The number of carbonyl (C=O) groups is 2. The van der Waals surface area contributed by atoms with Gasteiger partial charge in [0.1, 0.15) is 5.75 Å². The highest BCUT2D eigenvalue weighted by Gasteiger charge is 2.65. The maximum atomic E-state index is 14.5. The fraction of sp³-hybridized carbons (Fsp3) is 0.543. The number of ether oxygens (including phenoxy) is 2. The quantitative estimate of drug-likeness (QED) is 0.344. The number of methoxy groups -OCH3 is 1. The molecule has 3 aliphatic heterocycles. The van der Waals surface area contributed by atoms with Gasteiger partial charge in [-0.2, -0.15) is 0 Å². The molecule has 246 valence electrons. The van der Waals surface area contributed by atoms with Gasteiger partial charge in [0.2, 0.25) is 5.91 Å². The molecule has 3 aliphatic rings. The van der Waals surface area contributed by atoms with Gasteiger partial charge >= 0.3 is 0 Å². The zero-order valence-corrected chi connectivity index (χ0v) is 28.7. The number of amides is 2. The number of aryl methyl sites for hydroxylation is 1. The van der Waals surface area contributed by atoms with Crippen molar-refractivity contribution in [2.45, 2.75) is 88.8 Å². The first-order valence-corrected chi connectivity index (χ1v) is 19.7. The van der Waals surface area contributed by atoms with E-state index in [2.05, 4.69) is 48.5 Å². The number of aliphatic hydroxyl groups excluding tert-OH is 1. The molecule has 2 aromatic carbocycles. The van der Waals surface area contributed by atoms with E-state index in [1.54, 1.807) is 12.0 Å². The van der Waals surface area contributed by atoms with E-state index in [0.717, 1.165) is 54.1 Å². The zero-order chi connectivity index (χ0) is 32.6. The van der Waals surface area contributed by atoms with E-state index >= 15 is 0 Å². The van der Waals surface area contributed by atoms with Crippen molar-refractivity contribution in [3.8, 4) is 5.75 Å². The summed E-state index contributed by atoms with van der Waals surface area (Å²) in [5.74, 6) is 0.777. The van der Waals surface area contributed by atoms with Crippen LogP contribution in [-0.4, -0.2) is 73.4 Å². The van der Waals surface area contributed by atoms with Gasteiger partial charge in [-0.25, -0.2) is 0 Å². The number of hydrogen-bond donors (Lipinski definition) is 1. The topological polar surface area (TPSA) is 110 Å². The van der Waals surface area contributed by atoms with Crippen molar-refractivity contribution >= 4 is 36.4 Å². The summed E-state index contributed by atoms with van der Waals surface area (Å²) in [7, 11) is 1.22. The summed E-state index contributed by atoms with van der Waals surface area (Å²) in [5.41, 5.74) is 2.22. The van der Waals surface area contributed by atoms with E-state index in [9.17, 15) is 14.7 Å². The van der Waals surface area contributed by atoms with E-state index in [4.69, 9.17) is 9.47 Å². The summed E-state index contributed by atoms with van der Waals surface area (Å²) in [6.07, 6.45) is 7.39. The molecule has 4 atom stereocenters. The molecule has 0 saturated carbocycles. The van der Waals surface area contributed by atoms with E-state index in [1.165, 1.54) is 5.19 Å². The van der Waals surface area contributed by atoms with Gasteiger partial charge in [0.25, 0.3) is 5.91 Å². The van der Waals surface area contributed by atoms with Gasteiger partial charge in [0.15, 0.2) is 5.60 Å². The number of aliphatic hydroxyl groups is 1. The third-order valence-corrected chi connectivity index (χ3v) is 15.0. The Bertz CT molecular complexity index is 1580. The van der Waals surface area contributed by atoms with Crippen LogP contribution in [0.5, 0.6) is 5.75 Å². The first-order chi connectivity index (χ1) is 22.1. The number of likely N-dealkylation sites (N-methyl/N-ethyl adjacent to an activating group) is 1. The van der Waals surface area contributed by atoms with Crippen molar-refractivity contribution < 1.29 is 24.2 Å². The third kappa shape index (κ3) is 5.56. The minimum Gasteiger partial charge on any atom is -0.497 e. The standard InChI is InChI=1S/C35H47N5O5Si/c1-24-33(46(4,5)28-14-12-27(44-3)13-15-28)31(17-20-39-23-25(18-21-41)36-37-39)45-35(24)29-22-26(11-16-30(29)38(2)34(35)43)40-19-9-7-6-8-10-32(40)42/h11-16,22-24,31,33,41H,6-10,17-21H2,1-5H3/t24-,31+,33-,35+/m0/s1. The van der Waals surface area contributed by atoms with Crippen LogP contribution >= 0.6 is 0 Å². The molecule has 0 unspecified atom stereocenters. The molecule has 0 aliphatic carbocycles. The van der Waals surface area contributed by atoms with Crippen LogP contribution in [0, 0.1) is 5.92 Å². The number of hydrogen-bond acceptors (Lipinski definition) is 7. The summed E-state index contributed by atoms with van der Waals surface area (Å²) in [4.78, 5) is 31.4. The van der Waals surface area contributed by atoms with Crippen molar-refractivity contribution in [2.75, 3.05) is 37.1 Å². The number of carbonyl (C=O) groups excluding carboxylic acids is 2. The summed E-state index contributed by atoms with van der Waals surface area (Å²) in [6.45, 7) is 8.22. The van der Waals surface area contributed by atoms with E-state index in [-0.39, 0.29) is 36.0 Å². The van der Waals surface area contributed by atoms with Crippen LogP contribution in [0.15, 0.2) is 48.7 Å². The predicted octanol–water partition coefficient (Wildman–Crippen LogP) is 4.40. The monoisotopic (exact) mass is 645 g/mol. The molecule has 11 heteroatoms. The zero-order valence-electron chi connectivity index (χ0n) is 27.7. The summed E-state index contributed by atoms with van der Waals surface area (Å²) >= 11 is 0. The third-order valence-electron chi connectivity index (χ3n) is 10.7. The Kier molecular flexibility index (Phi) is 9.10. The van der Waals surface area contributed by atoms with Gasteiger partial charge in [0, 0.05) is 63.0 Å². The molecule has 0 radical (unpaired) electrons. The fourth-order valence-electron chi connectivity index (χ4n) is 8.21. The Morgan fingerprint density at radius 3 is 2.59 bits per heavy atom. The molecule has 1 aromatic heterocycles. The van der Waals surface area contributed by atoms with Gasteiger partial charge in [-0.1, -0.05) is 55.4 Å². The van der Waals surface area contributed by atoms with Gasteiger partial charge in [0.05, 0.1) is 32.7 Å². The molecule has 2 fully saturated rings. The van der Waals surface area contributed by atoms with E-state index in [1.807, 2.05) is 47.1 Å². The van der Waals surface area contributed by atoms with Gasteiger partial charge < -0.3 is 24.4 Å². The lowest BCUT2D eigenvalue weighted by Crippen LogP contribution is -2.51. The first-order valence-electron chi connectivity index (χ1n) is 16.7. The number of rotatable bonds is 9. The van der Waals surface area contributed by atoms with Crippen LogP contribution < -0.4 is 19.7 Å². The van der Waals surface area contributed by atoms with E-state index < -0.39 is 13.7 Å². The highest BCUT2D eigenvalue weighted by Crippen LogP contribution is 2.60. The summed E-state index contributed by atoms with van der Waals surface area (Å²) in [5, 5.41) is 19.1. The van der Waals surface area contributed by atoms with Crippen LogP contribution in [0.2, 0.25) is 18.6 Å². The molecule has 46 heavy (non-hydrogen) atoms. The molecule has 1 N–H and O–H groups in total. The van der Waals surface area contributed by atoms with Crippen molar-refractivity contribution in [1.29, 1.82) is 0 Å². The van der Waals surface area contributed by atoms with Crippen molar-refractivity contribution in [3.05, 3.63) is 59.9 Å². The molecule has 6 rings (SSSR count). The second kappa shape index (κ2) is 12.9. The van der Waals surface area contributed by atoms with Gasteiger partial charge in [-0.3, -0.25) is 14.3 Å². The number of fused-ring (bicyclic) bond motifs is 2. The van der Waals surface area contributed by atoms with Crippen molar-refractivity contribution in [1.82, 2.24) is 15.0 Å². The minimum atomic E-state index is -2.28. The maximum absolute atomic E-state index is 14.5. The van der Waals surface area contributed by atoms with Crippen LogP contribution in [0.4, 0.5) is 11.4 Å². The SMILES string of the molecule is COc1ccc([Si](C)(C)[C@@H]2[C@@H](CCn3cc(CCO)nn3)O[C@]3(C(=O)N(C)c4ccc(N5CCCCCCC5=O)cc43)[C@H]2C)cc1. The molecule has 3 aromatic rings. The maximum Gasteiger partial charge on any atom is 0.264 e. The minimum absolute atomic E-state index is 0.0221. The molecule has 2 saturated heterocycles. The molecular weight excluding hydrogens is 599 g/mol. The van der Waals surface area contributed by atoms with Crippen molar-refractivity contribution in [3.63, 3.8) is 0 Å². The Morgan fingerprint density at radius 1 is 1.09 bits per heavy atom. The van der Waals surface area contributed by atoms with Gasteiger partial charge in [-0.05, 0) is 55.1 Å². The highest BCUT2D eigenvalue weighted by atomic mass is 28.3. The normalized spacial score (nSPS) is 25.2. The second-order valence-corrected chi connectivity index (χ2v) is 18.4. The molecule has 4 heterocycles.